The summed E-state index contributed by atoms with van der Waals surface area (Å²) < 4.78 is 18.8. The molecule has 0 saturated carbocycles. The van der Waals surface area contributed by atoms with Gasteiger partial charge in [0, 0.05) is 18.8 Å². The number of rotatable bonds is 4. The van der Waals surface area contributed by atoms with Gasteiger partial charge >= 0.3 is 0 Å². The van der Waals surface area contributed by atoms with Gasteiger partial charge in [-0.15, -0.1) is 0 Å². The Morgan fingerprint density at radius 1 is 1.35 bits per heavy atom. The second-order valence-corrected chi connectivity index (χ2v) is 3.93. The third-order valence-corrected chi connectivity index (χ3v) is 2.78. The third kappa shape index (κ3) is 3.08. The summed E-state index contributed by atoms with van der Waals surface area (Å²) >= 11 is 0. The zero-order valence-corrected chi connectivity index (χ0v) is 9.68. The van der Waals surface area contributed by atoms with Gasteiger partial charge in [0.1, 0.15) is 0 Å². The van der Waals surface area contributed by atoms with Crippen LogP contribution in [-0.2, 0) is 4.74 Å². The van der Waals surface area contributed by atoms with Crippen LogP contribution in [0.5, 0.6) is 0 Å². The first kappa shape index (κ1) is 12.1. The number of ether oxygens (including phenoxy) is 1. The molecule has 5 heteroatoms. The van der Waals surface area contributed by atoms with Crippen molar-refractivity contribution >= 4 is 11.4 Å². The van der Waals surface area contributed by atoms with Crippen LogP contribution in [0.2, 0.25) is 0 Å². The molecule has 0 radical (unpaired) electrons. The second-order valence-electron chi connectivity index (χ2n) is 3.93. The zero-order valence-electron chi connectivity index (χ0n) is 9.68. The number of anilines is 2. The molecule has 1 aromatic rings. The van der Waals surface area contributed by atoms with E-state index in [2.05, 4.69) is 4.90 Å². The molecular weight excluding hydrogens is 223 g/mol. The van der Waals surface area contributed by atoms with Crippen LogP contribution in [0.4, 0.5) is 15.9 Å². The van der Waals surface area contributed by atoms with E-state index in [1.165, 1.54) is 0 Å². The van der Waals surface area contributed by atoms with Crippen LogP contribution in [0.15, 0.2) is 24.3 Å². The first-order chi connectivity index (χ1) is 8.31. The first-order valence-electron chi connectivity index (χ1n) is 5.78. The number of hydrogen-bond acceptors (Lipinski definition) is 4. The van der Waals surface area contributed by atoms with E-state index >= 15 is 0 Å². The minimum absolute atomic E-state index is 0.00738. The van der Waals surface area contributed by atoms with Crippen LogP contribution in [-0.4, -0.2) is 44.6 Å². The highest BCUT2D eigenvalue weighted by molar-refractivity contribution is 5.58. The number of morpholine rings is 1. The molecule has 0 atom stereocenters. The normalized spacial score (nSPS) is 16.0. The summed E-state index contributed by atoms with van der Waals surface area (Å²) in [6, 6.07) is 7.27. The molecule has 1 aromatic carbocycles. The average molecular weight is 240 g/mol. The Labute approximate surface area is 100 Å². The van der Waals surface area contributed by atoms with E-state index in [1.54, 1.807) is 12.1 Å². The van der Waals surface area contributed by atoms with Crippen molar-refractivity contribution < 1.29 is 14.3 Å². The van der Waals surface area contributed by atoms with Crippen LogP contribution in [0.1, 0.15) is 0 Å². The fourth-order valence-corrected chi connectivity index (χ4v) is 1.88. The van der Waals surface area contributed by atoms with Gasteiger partial charge in [-0.2, -0.15) is 0 Å². The number of aliphatic hydroxyl groups excluding tert-OH is 1. The molecule has 4 nitrogen and oxygen atoms in total. The average Bonchev–Trinajstić information content (AvgIpc) is 2.40. The molecule has 0 unspecified atom stereocenters. The lowest BCUT2D eigenvalue weighted by Gasteiger charge is -2.29. The number of hydrogen-bond donors (Lipinski definition) is 1. The van der Waals surface area contributed by atoms with Gasteiger partial charge in [0.25, 0.3) is 0 Å². The molecule has 1 fully saturated rings. The maximum Gasteiger partial charge on any atom is 0.0737 e. The summed E-state index contributed by atoms with van der Waals surface area (Å²) in [4.78, 5) is 2.17. The van der Waals surface area contributed by atoms with Crippen molar-refractivity contribution in [3.05, 3.63) is 24.3 Å². The van der Waals surface area contributed by atoms with Gasteiger partial charge < -0.3 is 14.7 Å². The van der Waals surface area contributed by atoms with Crippen molar-refractivity contribution in [1.29, 1.82) is 0 Å². The van der Waals surface area contributed by atoms with Crippen molar-refractivity contribution in [3.63, 3.8) is 0 Å². The molecule has 0 bridgehead atoms. The Balaban J connectivity index is 2.09. The van der Waals surface area contributed by atoms with Gasteiger partial charge in [-0.1, -0.05) is 10.5 Å². The van der Waals surface area contributed by atoms with E-state index in [1.807, 2.05) is 12.1 Å². The third-order valence-electron chi connectivity index (χ3n) is 2.78. The highest BCUT2D eigenvalue weighted by atomic mass is 19.2. The van der Waals surface area contributed by atoms with Crippen molar-refractivity contribution in [2.24, 2.45) is 0 Å². The van der Waals surface area contributed by atoms with Crippen LogP contribution < -0.4 is 10.0 Å². The number of aliphatic hydroxyl groups is 1. The lowest BCUT2D eigenvalue weighted by molar-refractivity contribution is 0.122. The molecule has 1 N–H and O–H groups in total. The summed E-state index contributed by atoms with van der Waals surface area (Å²) in [6.45, 7) is 2.87. The maximum absolute atomic E-state index is 13.5. The predicted molar refractivity (Wildman–Crippen MR) is 65.0 cm³/mol. The fourth-order valence-electron chi connectivity index (χ4n) is 1.88. The smallest absolute Gasteiger partial charge is 0.0737 e. The van der Waals surface area contributed by atoms with Crippen molar-refractivity contribution in [3.8, 4) is 0 Å². The quantitative estimate of drug-likeness (QED) is 0.802. The van der Waals surface area contributed by atoms with Gasteiger partial charge in [0.15, 0.2) is 0 Å². The van der Waals surface area contributed by atoms with Gasteiger partial charge in [-0.3, -0.25) is 0 Å². The van der Waals surface area contributed by atoms with Gasteiger partial charge in [-0.25, -0.2) is 5.12 Å². The van der Waals surface area contributed by atoms with Crippen LogP contribution in [0.3, 0.4) is 0 Å². The molecule has 1 aliphatic heterocycles. The van der Waals surface area contributed by atoms with E-state index < -0.39 is 0 Å². The largest absolute Gasteiger partial charge is 0.394 e. The molecule has 1 heterocycles. The summed E-state index contributed by atoms with van der Waals surface area (Å²) in [6.07, 6.45) is 0. The van der Waals surface area contributed by atoms with Crippen molar-refractivity contribution in [2.75, 3.05) is 49.5 Å². The van der Waals surface area contributed by atoms with E-state index in [-0.39, 0.29) is 13.2 Å². The number of benzene rings is 1. The molecule has 1 aliphatic rings. The van der Waals surface area contributed by atoms with E-state index in [0.717, 1.165) is 18.8 Å². The second kappa shape index (κ2) is 5.84. The number of halogens is 1. The number of nitrogens with zero attached hydrogens (tertiary/aromatic N) is 2. The SMILES string of the molecule is OCCN(F)c1cccc(N2CCOCC2)c1. The van der Waals surface area contributed by atoms with Crippen LogP contribution >= 0.6 is 0 Å². The van der Waals surface area contributed by atoms with Gasteiger partial charge in [0.05, 0.1) is 32.1 Å². The molecule has 1 saturated heterocycles. The Hall–Kier alpha value is -1.33. The molecular formula is C12H17FN2O2. The minimum atomic E-state index is -0.196. The van der Waals surface area contributed by atoms with Gasteiger partial charge in [0.2, 0.25) is 0 Å². The Morgan fingerprint density at radius 3 is 2.82 bits per heavy atom. The van der Waals surface area contributed by atoms with Crippen LogP contribution in [0, 0.1) is 0 Å². The maximum atomic E-state index is 13.5. The van der Waals surface area contributed by atoms with Crippen molar-refractivity contribution in [2.45, 2.75) is 0 Å². The summed E-state index contributed by atoms with van der Waals surface area (Å²) in [5, 5.41) is 9.27. The molecule has 17 heavy (non-hydrogen) atoms. The zero-order chi connectivity index (χ0) is 12.1. The Kier molecular flexibility index (Phi) is 4.17. The monoisotopic (exact) mass is 240 g/mol. The summed E-state index contributed by atoms with van der Waals surface area (Å²) in [5.41, 5.74) is 1.47. The fraction of sp³-hybridized carbons (Fsp3) is 0.500. The minimum Gasteiger partial charge on any atom is -0.394 e. The molecule has 0 amide bonds. The highest BCUT2D eigenvalue weighted by Crippen LogP contribution is 2.23. The summed E-state index contributed by atoms with van der Waals surface area (Å²) in [5.74, 6) is 0. The van der Waals surface area contributed by atoms with E-state index in [9.17, 15) is 4.48 Å². The highest BCUT2D eigenvalue weighted by Gasteiger charge is 2.12. The first-order valence-corrected chi connectivity index (χ1v) is 5.78. The molecule has 94 valence electrons. The lowest BCUT2D eigenvalue weighted by Crippen LogP contribution is -2.36. The predicted octanol–water partition coefficient (Wildman–Crippen LogP) is 1.21. The molecule has 2 rings (SSSR count). The van der Waals surface area contributed by atoms with Crippen molar-refractivity contribution in [1.82, 2.24) is 0 Å². The van der Waals surface area contributed by atoms with Gasteiger partial charge in [-0.05, 0) is 18.2 Å². The Bertz CT molecular complexity index is 356. The molecule has 0 spiro atoms. The topological polar surface area (TPSA) is 35.9 Å². The summed E-state index contributed by atoms with van der Waals surface area (Å²) in [7, 11) is 0. The standard InChI is InChI=1S/C12H17FN2O2/c13-15(4-7-16)12-3-1-2-11(10-12)14-5-8-17-9-6-14/h1-3,10,16H,4-9H2. The Morgan fingerprint density at radius 2 is 2.12 bits per heavy atom. The molecule has 0 aliphatic carbocycles. The van der Waals surface area contributed by atoms with E-state index in [0.29, 0.717) is 24.0 Å². The molecule has 0 aromatic heterocycles. The lowest BCUT2D eigenvalue weighted by atomic mass is 10.2. The van der Waals surface area contributed by atoms with Crippen LogP contribution in [0.25, 0.3) is 0 Å². The van der Waals surface area contributed by atoms with E-state index in [4.69, 9.17) is 9.84 Å².